The highest BCUT2D eigenvalue weighted by Crippen LogP contribution is 2.28. The quantitative estimate of drug-likeness (QED) is 0.532. The van der Waals surface area contributed by atoms with Gasteiger partial charge < -0.3 is 19.7 Å². The molecule has 3 N–H and O–H groups in total. The molecular weight excluding hydrogens is 336 g/mol. The number of rotatable bonds is 7. The maximum atomic E-state index is 10.7. The smallest absolute Gasteiger partial charge is 0.127 e. The number of quaternary nitrogens is 1. The highest BCUT2D eigenvalue weighted by Gasteiger charge is 2.14. The molecular formula is C23H25N2O2+. The van der Waals surface area contributed by atoms with Gasteiger partial charge in [-0.25, -0.2) is 0 Å². The van der Waals surface area contributed by atoms with Crippen LogP contribution < -0.4 is 10.1 Å². The lowest BCUT2D eigenvalue weighted by Gasteiger charge is -2.14. The van der Waals surface area contributed by atoms with E-state index in [4.69, 9.17) is 4.74 Å². The number of nitrogens with zero attached hydrogens (tertiary/aromatic N) is 1. The lowest BCUT2D eigenvalue weighted by molar-refractivity contribution is -0.676. The van der Waals surface area contributed by atoms with Gasteiger partial charge in [0.05, 0.1) is 13.7 Å². The van der Waals surface area contributed by atoms with Gasteiger partial charge >= 0.3 is 0 Å². The van der Waals surface area contributed by atoms with E-state index in [0.29, 0.717) is 13.1 Å². The zero-order valence-electron chi connectivity index (χ0n) is 15.5. The SMILES string of the molecule is COc1ccccc1C[NH2+]C[C@H](O)Cn1c2ccccc2c2ccccc21. The first-order valence-corrected chi connectivity index (χ1v) is 9.35. The second-order valence-corrected chi connectivity index (χ2v) is 6.84. The van der Waals surface area contributed by atoms with Gasteiger partial charge in [0.15, 0.2) is 0 Å². The van der Waals surface area contributed by atoms with Crippen molar-refractivity contribution >= 4 is 21.8 Å². The second kappa shape index (κ2) is 7.82. The number of aliphatic hydroxyl groups is 1. The van der Waals surface area contributed by atoms with Crippen LogP contribution in [0.15, 0.2) is 72.8 Å². The predicted octanol–water partition coefficient (Wildman–Crippen LogP) is 2.93. The molecule has 4 aromatic rings. The number of benzene rings is 3. The molecule has 0 amide bonds. The lowest BCUT2D eigenvalue weighted by Crippen LogP contribution is -2.85. The third kappa shape index (κ3) is 3.54. The fourth-order valence-electron chi connectivity index (χ4n) is 3.79. The summed E-state index contributed by atoms with van der Waals surface area (Å²) in [5.74, 6) is 0.894. The number of fused-ring (bicyclic) bond motifs is 3. The molecule has 0 radical (unpaired) electrons. The van der Waals surface area contributed by atoms with Gasteiger partial charge in [-0.3, -0.25) is 0 Å². The minimum Gasteiger partial charge on any atom is -0.496 e. The minimum absolute atomic E-state index is 0.432. The van der Waals surface area contributed by atoms with Crippen LogP contribution in [0.1, 0.15) is 5.56 Å². The Bertz CT molecular complexity index is 1000. The van der Waals surface area contributed by atoms with Gasteiger partial charge in [0.2, 0.25) is 0 Å². The molecule has 0 spiro atoms. The Morgan fingerprint density at radius 3 is 2.15 bits per heavy atom. The molecule has 1 aromatic heterocycles. The number of aromatic nitrogens is 1. The average molecular weight is 361 g/mol. The lowest BCUT2D eigenvalue weighted by atomic mass is 10.2. The molecule has 4 rings (SSSR count). The summed E-state index contributed by atoms with van der Waals surface area (Å²) in [5, 5.41) is 15.3. The fourth-order valence-corrected chi connectivity index (χ4v) is 3.79. The summed E-state index contributed by atoms with van der Waals surface area (Å²) in [6.07, 6.45) is -0.432. The van der Waals surface area contributed by atoms with E-state index in [2.05, 4.69) is 64.5 Å². The maximum absolute atomic E-state index is 10.7. The Morgan fingerprint density at radius 2 is 1.48 bits per heavy atom. The van der Waals surface area contributed by atoms with Crippen molar-refractivity contribution in [1.82, 2.24) is 4.57 Å². The first-order chi connectivity index (χ1) is 13.3. The largest absolute Gasteiger partial charge is 0.496 e. The van der Waals surface area contributed by atoms with Crippen molar-refractivity contribution in [2.75, 3.05) is 13.7 Å². The van der Waals surface area contributed by atoms with E-state index in [-0.39, 0.29) is 0 Å². The predicted molar refractivity (Wildman–Crippen MR) is 109 cm³/mol. The van der Waals surface area contributed by atoms with Crippen LogP contribution in [-0.2, 0) is 13.1 Å². The molecule has 1 heterocycles. The van der Waals surface area contributed by atoms with Crippen molar-refractivity contribution < 1.29 is 15.2 Å². The van der Waals surface area contributed by atoms with Crippen molar-refractivity contribution in [2.24, 2.45) is 0 Å². The van der Waals surface area contributed by atoms with Crippen molar-refractivity contribution in [3.63, 3.8) is 0 Å². The van der Waals surface area contributed by atoms with Gasteiger partial charge in [0, 0.05) is 27.4 Å². The van der Waals surface area contributed by atoms with Gasteiger partial charge in [-0.15, -0.1) is 0 Å². The molecule has 0 bridgehead atoms. The van der Waals surface area contributed by atoms with Gasteiger partial charge in [-0.2, -0.15) is 0 Å². The second-order valence-electron chi connectivity index (χ2n) is 6.84. The van der Waals surface area contributed by atoms with Gasteiger partial charge in [-0.1, -0.05) is 48.5 Å². The number of ether oxygens (including phenoxy) is 1. The summed E-state index contributed by atoms with van der Waals surface area (Å²) in [6.45, 7) is 2.00. The number of hydrogen-bond donors (Lipinski definition) is 2. The maximum Gasteiger partial charge on any atom is 0.127 e. The molecule has 0 saturated heterocycles. The zero-order chi connectivity index (χ0) is 18.6. The summed E-state index contributed by atoms with van der Waals surface area (Å²) >= 11 is 0. The van der Waals surface area contributed by atoms with E-state index in [9.17, 15) is 5.11 Å². The summed E-state index contributed by atoms with van der Waals surface area (Å²) in [5.41, 5.74) is 3.48. The highest BCUT2D eigenvalue weighted by atomic mass is 16.5. The molecule has 4 nitrogen and oxygen atoms in total. The summed E-state index contributed by atoms with van der Waals surface area (Å²) in [7, 11) is 1.69. The van der Waals surface area contributed by atoms with E-state index in [1.165, 1.54) is 21.8 Å². The molecule has 0 fully saturated rings. The summed E-state index contributed by atoms with van der Waals surface area (Å²) in [4.78, 5) is 0. The van der Waals surface area contributed by atoms with Crippen LogP contribution in [0.5, 0.6) is 5.75 Å². The monoisotopic (exact) mass is 361 g/mol. The Labute approximate surface area is 159 Å². The summed E-state index contributed by atoms with van der Waals surface area (Å²) < 4.78 is 7.63. The topological polar surface area (TPSA) is 51.0 Å². The first-order valence-electron chi connectivity index (χ1n) is 9.35. The van der Waals surface area contributed by atoms with E-state index in [1.807, 2.05) is 18.2 Å². The minimum atomic E-state index is -0.432. The van der Waals surface area contributed by atoms with E-state index in [0.717, 1.165) is 17.9 Å². The van der Waals surface area contributed by atoms with Gasteiger partial charge in [0.1, 0.15) is 24.9 Å². The fraction of sp³-hybridized carbons (Fsp3) is 0.217. The molecule has 138 valence electrons. The van der Waals surface area contributed by atoms with E-state index >= 15 is 0 Å². The Hall–Kier alpha value is -2.82. The molecule has 27 heavy (non-hydrogen) atoms. The third-order valence-corrected chi connectivity index (χ3v) is 5.07. The zero-order valence-corrected chi connectivity index (χ0v) is 15.5. The number of aliphatic hydroxyl groups excluding tert-OH is 1. The average Bonchev–Trinajstić information content (AvgIpc) is 3.02. The van der Waals surface area contributed by atoms with Crippen molar-refractivity contribution in [3.05, 3.63) is 78.4 Å². The van der Waals surface area contributed by atoms with Crippen molar-refractivity contribution in [2.45, 2.75) is 19.2 Å². The number of nitrogens with two attached hydrogens (primary N) is 1. The van der Waals surface area contributed by atoms with Crippen LogP contribution in [0.25, 0.3) is 21.8 Å². The van der Waals surface area contributed by atoms with Crippen LogP contribution in [0.2, 0.25) is 0 Å². The molecule has 4 heteroatoms. The molecule has 0 aliphatic rings. The van der Waals surface area contributed by atoms with Crippen molar-refractivity contribution in [1.29, 1.82) is 0 Å². The summed E-state index contributed by atoms with van der Waals surface area (Å²) in [6, 6.07) is 24.8. The number of hydrogen-bond acceptors (Lipinski definition) is 2. The molecule has 1 atom stereocenters. The number of para-hydroxylation sites is 3. The third-order valence-electron chi connectivity index (χ3n) is 5.07. The van der Waals surface area contributed by atoms with Crippen LogP contribution in [0.3, 0.4) is 0 Å². The normalized spacial score (nSPS) is 12.5. The van der Waals surface area contributed by atoms with E-state index < -0.39 is 6.10 Å². The van der Waals surface area contributed by atoms with Crippen LogP contribution >= 0.6 is 0 Å². The van der Waals surface area contributed by atoms with Gasteiger partial charge in [0.25, 0.3) is 0 Å². The molecule has 0 unspecified atom stereocenters. The molecule has 0 aliphatic heterocycles. The first kappa shape index (κ1) is 17.6. The van der Waals surface area contributed by atoms with Crippen LogP contribution in [-0.4, -0.2) is 29.4 Å². The Balaban J connectivity index is 1.49. The molecule has 3 aromatic carbocycles. The van der Waals surface area contributed by atoms with Gasteiger partial charge in [-0.05, 0) is 24.3 Å². The van der Waals surface area contributed by atoms with E-state index in [1.54, 1.807) is 7.11 Å². The van der Waals surface area contributed by atoms with Crippen LogP contribution in [0.4, 0.5) is 0 Å². The molecule has 0 aliphatic carbocycles. The van der Waals surface area contributed by atoms with Crippen LogP contribution in [0, 0.1) is 0 Å². The van der Waals surface area contributed by atoms with Crippen molar-refractivity contribution in [3.8, 4) is 5.75 Å². The Morgan fingerprint density at radius 1 is 0.889 bits per heavy atom. The number of methoxy groups -OCH3 is 1. The standard InChI is InChI=1S/C23H24N2O2/c1-27-23-13-7-2-8-17(23)14-24-15-18(26)16-25-21-11-5-3-9-19(21)20-10-4-6-12-22(20)25/h2-13,18,24,26H,14-16H2,1H3/p+1/t18-/m0/s1. The molecule has 0 saturated carbocycles. The highest BCUT2D eigenvalue weighted by molar-refractivity contribution is 6.07. The Kier molecular flexibility index (Phi) is 5.10.